The van der Waals surface area contributed by atoms with Crippen LogP contribution in [0.2, 0.25) is 0 Å². The van der Waals surface area contributed by atoms with E-state index in [-0.39, 0.29) is 17.8 Å². The number of nitrogens with two attached hydrogens (primary N) is 1. The molecule has 3 aromatic rings. The van der Waals surface area contributed by atoms with Gasteiger partial charge in [-0.2, -0.15) is 0 Å². The Hall–Kier alpha value is -2.66. The summed E-state index contributed by atoms with van der Waals surface area (Å²) < 4.78 is 0. The third kappa shape index (κ3) is 3.15. The lowest BCUT2D eigenvalue weighted by Gasteiger charge is -2.30. The van der Waals surface area contributed by atoms with Gasteiger partial charge in [0, 0.05) is 17.5 Å². The number of aromatic nitrogens is 2. The number of aromatic hydroxyl groups is 1. The van der Waals surface area contributed by atoms with E-state index in [1.54, 1.807) is 12.1 Å². The molecule has 1 aliphatic carbocycles. The third-order valence-electron chi connectivity index (χ3n) is 4.89. The Kier molecular flexibility index (Phi) is 4.24. The van der Waals surface area contributed by atoms with Crippen molar-refractivity contribution in [2.24, 2.45) is 5.73 Å². The van der Waals surface area contributed by atoms with E-state index in [9.17, 15) is 5.11 Å². The quantitative estimate of drug-likeness (QED) is 0.680. The van der Waals surface area contributed by atoms with Gasteiger partial charge in [0.05, 0.1) is 11.1 Å². The first-order valence-corrected chi connectivity index (χ1v) is 8.79. The Morgan fingerprint density at radius 3 is 2.56 bits per heavy atom. The summed E-state index contributed by atoms with van der Waals surface area (Å²) in [6.45, 7) is 0. The van der Waals surface area contributed by atoms with Crippen molar-refractivity contribution in [3.63, 3.8) is 0 Å². The van der Waals surface area contributed by atoms with Crippen molar-refractivity contribution in [2.75, 3.05) is 5.32 Å². The normalized spacial score (nSPS) is 20.5. The van der Waals surface area contributed by atoms with E-state index in [0.29, 0.717) is 11.4 Å². The highest BCUT2D eigenvalue weighted by Crippen LogP contribution is 2.31. The van der Waals surface area contributed by atoms with Crippen LogP contribution in [0.25, 0.3) is 22.3 Å². The van der Waals surface area contributed by atoms with Gasteiger partial charge in [0.25, 0.3) is 0 Å². The van der Waals surface area contributed by atoms with Crippen LogP contribution in [0, 0.1) is 0 Å². The topological polar surface area (TPSA) is 84.1 Å². The molecule has 5 nitrogen and oxygen atoms in total. The van der Waals surface area contributed by atoms with Gasteiger partial charge in [-0.05, 0) is 37.1 Å². The molecule has 4 N–H and O–H groups in total. The van der Waals surface area contributed by atoms with E-state index >= 15 is 0 Å². The zero-order valence-corrected chi connectivity index (χ0v) is 14.0. The second kappa shape index (κ2) is 6.69. The molecule has 0 saturated heterocycles. The van der Waals surface area contributed by atoms with E-state index in [2.05, 4.69) is 10.3 Å². The fourth-order valence-corrected chi connectivity index (χ4v) is 3.48. The maximum absolute atomic E-state index is 10.2. The number of hydrogen-bond donors (Lipinski definition) is 3. The molecule has 1 aromatic heterocycles. The molecular formula is C20H22N4O. The largest absolute Gasteiger partial charge is 0.507 e. The zero-order valence-electron chi connectivity index (χ0n) is 14.0. The van der Waals surface area contributed by atoms with Gasteiger partial charge in [0.1, 0.15) is 11.6 Å². The number of nitrogens with one attached hydrogen (secondary N) is 1. The molecule has 0 spiro atoms. The molecule has 1 saturated carbocycles. The number of benzene rings is 2. The molecule has 0 amide bonds. The minimum Gasteiger partial charge on any atom is -0.507 e. The molecule has 2 aromatic carbocycles. The van der Waals surface area contributed by atoms with Gasteiger partial charge in [-0.15, -0.1) is 0 Å². The summed E-state index contributed by atoms with van der Waals surface area (Å²) in [6.07, 6.45) is 4.45. The van der Waals surface area contributed by atoms with Crippen LogP contribution in [-0.2, 0) is 0 Å². The second-order valence-corrected chi connectivity index (χ2v) is 6.63. The van der Waals surface area contributed by atoms with Crippen molar-refractivity contribution in [1.82, 2.24) is 9.97 Å². The van der Waals surface area contributed by atoms with Crippen molar-refractivity contribution in [3.05, 3.63) is 48.5 Å². The fraction of sp³-hybridized carbons (Fsp3) is 0.300. The summed E-state index contributed by atoms with van der Waals surface area (Å²) in [4.78, 5) is 9.36. The van der Waals surface area contributed by atoms with Gasteiger partial charge >= 0.3 is 0 Å². The predicted molar refractivity (Wildman–Crippen MR) is 100 cm³/mol. The highest BCUT2D eigenvalue weighted by atomic mass is 16.3. The summed E-state index contributed by atoms with van der Waals surface area (Å²) in [5.41, 5.74) is 7.78. The van der Waals surface area contributed by atoms with Crippen LogP contribution in [0.5, 0.6) is 5.75 Å². The fourth-order valence-electron chi connectivity index (χ4n) is 3.48. The number of phenols is 1. The number of rotatable bonds is 3. The van der Waals surface area contributed by atoms with Crippen molar-refractivity contribution in [3.8, 4) is 17.1 Å². The molecule has 1 heterocycles. The van der Waals surface area contributed by atoms with E-state index in [4.69, 9.17) is 10.7 Å². The van der Waals surface area contributed by atoms with Crippen molar-refractivity contribution >= 4 is 16.7 Å². The summed E-state index contributed by atoms with van der Waals surface area (Å²) in [5.74, 6) is 1.48. The molecule has 0 aliphatic heterocycles. The number of anilines is 1. The minimum absolute atomic E-state index is 0.135. The maximum Gasteiger partial charge on any atom is 0.165 e. The number of fused-ring (bicyclic) bond motifs is 1. The van der Waals surface area contributed by atoms with Gasteiger partial charge in [-0.3, -0.25) is 0 Å². The average Bonchev–Trinajstić information content (AvgIpc) is 2.64. The van der Waals surface area contributed by atoms with E-state index in [1.165, 1.54) is 12.8 Å². The summed E-state index contributed by atoms with van der Waals surface area (Å²) in [5, 5.41) is 14.7. The molecule has 0 radical (unpaired) electrons. The van der Waals surface area contributed by atoms with Crippen LogP contribution in [0.15, 0.2) is 48.5 Å². The van der Waals surface area contributed by atoms with Gasteiger partial charge in [0.2, 0.25) is 0 Å². The molecular weight excluding hydrogens is 312 g/mol. The summed E-state index contributed by atoms with van der Waals surface area (Å²) in [6, 6.07) is 15.4. The van der Waals surface area contributed by atoms with Gasteiger partial charge in [0.15, 0.2) is 5.82 Å². The Morgan fingerprint density at radius 1 is 0.960 bits per heavy atom. The predicted octanol–water partition coefficient (Wildman–Crippen LogP) is 3.68. The zero-order chi connectivity index (χ0) is 17.2. The molecule has 1 aliphatic rings. The van der Waals surface area contributed by atoms with Crippen LogP contribution in [0.1, 0.15) is 25.7 Å². The Labute approximate surface area is 146 Å². The minimum atomic E-state index is 0.135. The number of para-hydroxylation sites is 2. The third-order valence-corrected chi connectivity index (χ3v) is 4.89. The van der Waals surface area contributed by atoms with Gasteiger partial charge in [-0.25, -0.2) is 9.97 Å². The molecule has 1 fully saturated rings. The summed E-state index contributed by atoms with van der Waals surface area (Å²) >= 11 is 0. The van der Waals surface area contributed by atoms with Crippen LogP contribution in [0.4, 0.5) is 5.82 Å². The van der Waals surface area contributed by atoms with E-state index in [1.807, 2.05) is 36.4 Å². The summed E-state index contributed by atoms with van der Waals surface area (Å²) in [7, 11) is 0. The molecule has 4 rings (SSSR count). The van der Waals surface area contributed by atoms with Crippen molar-refractivity contribution < 1.29 is 5.11 Å². The Morgan fingerprint density at radius 2 is 1.72 bits per heavy atom. The van der Waals surface area contributed by atoms with Crippen LogP contribution in [-0.4, -0.2) is 27.2 Å². The van der Waals surface area contributed by atoms with E-state index < -0.39 is 0 Å². The number of nitrogens with zero attached hydrogens (tertiary/aromatic N) is 2. The van der Waals surface area contributed by atoms with Gasteiger partial charge in [-0.1, -0.05) is 37.1 Å². The second-order valence-electron chi connectivity index (χ2n) is 6.63. The Balaban J connectivity index is 1.80. The maximum atomic E-state index is 10.2. The Bertz CT molecular complexity index is 896. The molecule has 0 unspecified atom stereocenters. The highest BCUT2D eigenvalue weighted by Gasteiger charge is 2.23. The monoisotopic (exact) mass is 334 g/mol. The molecule has 25 heavy (non-hydrogen) atoms. The first kappa shape index (κ1) is 15.8. The number of phenolic OH excluding ortho intramolecular Hbond substituents is 1. The SMILES string of the molecule is N[C@H]1CCCC[C@@H]1Nc1nc(-c2ccccc2O)nc2ccccc12. The smallest absolute Gasteiger partial charge is 0.165 e. The van der Waals surface area contributed by atoms with Gasteiger partial charge < -0.3 is 16.2 Å². The molecule has 2 atom stereocenters. The first-order valence-electron chi connectivity index (χ1n) is 8.79. The standard InChI is InChI=1S/C20H22N4O/c21-15-9-3-5-11-17(15)23-19-13-7-1-4-10-16(13)22-20(24-19)14-8-2-6-12-18(14)25/h1-2,4,6-8,10,12,15,17,25H,3,5,9,11,21H2,(H,22,23,24)/t15-,17-/m0/s1. The van der Waals surface area contributed by atoms with Crippen LogP contribution in [0.3, 0.4) is 0 Å². The van der Waals surface area contributed by atoms with Crippen molar-refractivity contribution in [1.29, 1.82) is 0 Å². The van der Waals surface area contributed by atoms with Crippen molar-refractivity contribution in [2.45, 2.75) is 37.8 Å². The molecule has 128 valence electrons. The lowest BCUT2D eigenvalue weighted by molar-refractivity contribution is 0.403. The highest BCUT2D eigenvalue weighted by molar-refractivity contribution is 5.91. The number of hydrogen-bond acceptors (Lipinski definition) is 5. The first-order chi connectivity index (χ1) is 12.2. The van der Waals surface area contributed by atoms with Crippen LogP contribution >= 0.6 is 0 Å². The molecule has 0 bridgehead atoms. The lowest BCUT2D eigenvalue weighted by Crippen LogP contribution is -2.42. The average molecular weight is 334 g/mol. The van der Waals surface area contributed by atoms with Crippen LogP contribution < -0.4 is 11.1 Å². The van der Waals surface area contributed by atoms with E-state index in [0.717, 1.165) is 29.6 Å². The molecule has 5 heteroatoms. The lowest BCUT2D eigenvalue weighted by atomic mass is 9.91.